The van der Waals surface area contributed by atoms with Gasteiger partial charge >= 0.3 is 0 Å². The Kier molecular flexibility index (Phi) is 4.58. The second-order valence-corrected chi connectivity index (χ2v) is 6.01. The fourth-order valence-electron chi connectivity index (χ4n) is 1.75. The van der Waals surface area contributed by atoms with E-state index < -0.39 is 0 Å². The normalized spacial score (nSPS) is 9.90. The summed E-state index contributed by atoms with van der Waals surface area (Å²) in [5.74, 6) is -0.114. The lowest BCUT2D eigenvalue weighted by molar-refractivity contribution is 0.0993. The van der Waals surface area contributed by atoms with E-state index in [2.05, 4.69) is 37.9 Å². The fourth-order valence-corrected chi connectivity index (χ4v) is 3.04. The molecule has 5 heteroatoms. The number of benzene rings is 2. The number of nitrogens with zero attached hydrogens (tertiary/aromatic N) is 2. The largest absolute Gasteiger partial charge is 0.311 e. The highest BCUT2D eigenvalue weighted by Gasteiger charge is 2.14. The number of hydrogen-bond donors (Lipinski definition) is 0. The minimum absolute atomic E-state index is 0.114. The first-order chi connectivity index (χ1) is 9.51. The van der Waals surface area contributed by atoms with Crippen LogP contribution in [0.1, 0.15) is 15.9 Å². The van der Waals surface area contributed by atoms with Crippen LogP contribution in [0.15, 0.2) is 51.4 Å². The van der Waals surface area contributed by atoms with Crippen LogP contribution in [0, 0.1) is 11.3 Å². The number of amides is 1. The van der Waals surface area contributed by atoms with Crippen molar-refractivity contribution in [3.63, 3.8) is 0 Å². The third-order valence-electron chi connectivity index (χ3n) is 2.80. The average Bonchev–Trinajstić information content (AvgIpc) is 2.45. The average molecular weight is 394 g/mol. The number of anilines is 1. The van der Waals surface area contributed by atoms with Gasteiger partial charge in [-0.3, -0.25) is 4.79 Å². The number of carbonyl (C=O) groups excluding carboxylic acids is 1. The molecule has 0 aliphatic heterocycles. The van der Waals surface area contributed by atoms with E-state index in [4.69, 9.17) is 5.26 Å². The molecule has 0 heterocycles. The van der Waals surface area contributed by atoms with Crippen molar-refractivity contribution in [2.75, 3.05) is 11.9 Å². The van der Waals surface area contributed by atoms with Crippen molar-refractivity contribution in [3.8, 4) is 6.07 Å². The summed E-state index contributed by atoms with van der Waals surface area (Å²) in [7, 11) is 1.71. The maximum Gasteiger partial charge on any atom is 0.258 e. The zero-order valence-corrected chi connectivity index (χ0v) is 13.8. The number of nitriles is 1. The third kappa shape index (κ3) is 3.27. The quantitative estimate of drug-likeness (QED) is 0.760. The highest BCUT2D eigenvalue weighted by Crippen LogP contribution is 2.23. The molecule has 0 saturated heterocycles. The van der Waals surface area contributed by atoms with Gasteiger partial charge in [0.15, 0.2) is 0 Å². The Balaban J connectivity index is 2.29. The lowest BCUT2D eigenvalue weighted by Gasteiger charge is -2.17. The highest BCUT2D eigenvalue weighted by molar-refractivity contribution is 9.11. The molecule has 1 amide bonds. The molecule has 0 spiro atoms. The Morgan fingerprint density at radius 2 is 1.65 bits per heavy atom. The number of hydrogen-bond acceptors (Lipinski definition) is 2. The van der Waals surface area contributed by atoms with E-state index >= 15 is 0 Å². The van der Waals surface area contributed by atoms with Gasteiger partial charge in [-0.1, -0.05) is 31.9 Å². The third-order valence-corrected chi connectivity index (χ3v) is 3.71. The summed E-state index contributed by atoms with van der Waals surface area (Å²) in [6.45, 7) is 0. The molecular weight excluding hydrogens is 384 g/mol. The van der Waals surface area contributed by atoms with E-state index in [9.17, 15) is 4.79 Å². The van der Waals surface area contributed by atoms with Gasteiger partial charge in [-0.2, -0.15) is 5.26 Å². The molecule has 2 rings (SSSR count). The number of halogens is 2. The summed E-state index contributed by atoms with van der Waals surface area (Å²) < 4.78 is 1.67. The first-order valence-corrected chi connectivity index (χ1v) is 7.34. The molecule has 2 aromatic rings. The molecule has 20 heavy (non-hydrogen) atoms. The van der Waals surface area contributed by atoms with Crippen molar-refractivity contribution < 1.29 is 4.79 Å². The number of carbonyl (C=O) groups is 1. The molecule has 0 fully saturated rings. The van der Waals surface area contributed by atoms with Crippen LogP contribution in [-0.2, 0) is 0 Å². The van der Waals surface area contributed by atoms with E-state index in [-0.39, 0.29) is 5.91 Å². The molecule has 0 unspecified atom stereocenters. The van der Waals surface area contributed by atoms with E-state index in [1.807, 2.05) is 6.07 Å². The van der Waals surface area contributed by atoms with E-state index in [1.54, 1.807) is 48.3 Å². The SMILES string of the molecule is CN(C(=O)c1cc(Br)cc(Br)c1)c1ccc(C#N)cc1. The van der Waals surface area contributed by atoms with Gasteiger partial charge in [-0.25, -0.2) is 0 Å². The smallest absolute Gasteiger partial charge is 0.258 e. The van der Waals surface area contributed by atoms with Crippen LogP contribution < -0.4 is 4.90 Å². The van der Waals surface area contributed by atoms with Crippen molar-refractivity contribution in [1.29, 1.82) is 5.26 Å². The molecule has 0 radical (unpaired) electrons. The summed E-state index contributed by atoms with van der Waals surface area (Å²) in [6.07, 6.45) is 0. The first kappa shape index (κ1) is 14.8. The van der Waals surface area contributed by atoms with Crippen molar-refractivity contribution in [2.24, 2.45) is 0 Å². The second kappa shape index (κ2) is 6.21. The van der Waals surface area contributed by atoms with Gasteiger partial charge in [-0.05, 0) is 42.5 Å². The summed E-state index contributed by atoms with van der Waals surface area (Å²) in [6, 6.07) is 14.4. The standard InChI is InChI=1S/C15H10Br2N2O/c1-19(14-4-2-10(9-18)3-5-14)15(20)11-6-12(16)8-13(17)7-11/h2-8H,1H3. The molecule has 0 aliphatic carbocycles. The predicted octanol–water partition coefficient (Wildman–Crippen LogP) is 4.36. The van der Waals surface area contributed by atoms with Crippen molar-refractivity contribution in [2.45, 2.75) is 0 Å². The fraction of sp³-hybridized carbons (Fsp3) is 0.0667. The van der Waals surface area contributed by atoms with Gasteiger partial charge < -0.3 is 4.90 Å². The van der Waals surface area contributed by atoms with Gasteiger partial charge in [0.2, 0.25) is 0 Å². The Morgan fingerprint density at radius 1 is 1.10 bits per heavy atom. The highest BCUT2D eigenvalue weighted by atomic mass is 79.9. The topological polar surface area (TPSA) is 44.1 Å². The van der Waals surface area contributed by atoms with Crippen molar-refractivity contribution >= 4 is 43.5 Å². The lowest BCUT2D eigenvalue weighted by atomic mass is 10.1. The molecule has 0 bridgehead atoms. The monoisotopic (exact) mass is 392 g/mol. The lowest BCUT2D eigenvalue weighted by Crippen LogP contribution is -2.26. The zero-order chi connectivity index (χ0) is 14.7. The van der Waals surface area contributed by atoms with Crippen LogP contribution in [0.2, 0.25) is 0 Å². The number of rotatable bonds is 2. The van der Waals surface area contributed by atoms with Crippen molar-refractivity contribution in [3.05, 3.63) is 62.5 Å². The maximum absolute atomic E-state index is 12.4. The Labute approximate surface area is 134 Å². The van der Waals surface area contributed by atoms with Crippen LogP contribution in [0.25, 0.3) is 0 Å². The summed E-state index contributed by atoms with van der Waals surface area (Å²) >= 11 is 6.74. The molecule has 100 valence electrons. The molecular formula is C15H10Br2N2O. The van der Waals surface area contributed by atoms with Gasteiger partial charge in [-0.15, -0.1) is 0 Å². The molecule has 0 saturated carbocycles. The van der Waals surface area contributed by atoms with E-state index in [1.165, 1.54) is 0 Å². The maximum atomic E-state index is 12.4. The first-order valence-electron chi connectivity index (χ1n) is 5.75. The Bertz CT molecular complexity index is 670. The van der Waals surface area contributed by atoms with Crippen LogP contribution in [0.3, 0.4) is 0 Å². The van der Waals surface area contributed by atoms with Crippen LogP contribution in [0.4, 0.5) is 5.69 Å². The summed E-state index contributed by atoms with van der Waals surface area (Å²) in [5, 5.41) is 8.77. The second-order valence-electron chi connectivity index (χ2n) is 4.18. The van der Waals surface area contributed by atoms with Gasteiger partial charge in [0, 0.05) is 27.2 Å². The zero-order valence-electron chi connectivity index (χ0n) is 10.6. The van der Waals surface area contributed by atoms with Crippen LogP contribution in [0.5, 0.6) is 0 Å². The van der Waals surface area contributed by atoms with Crippen LogP contribution >= 0.6 is 31.9 Å². The Morgan fingerprint density at radius 3 is 2.15 bits per heavy atom. The minimum Gasteiger partial charge on any atom is -0.311 e. The molecule has 2 aromatic carbocycles. The predicted molar refractivity (Wildman–Crippen MR) is 85.7 cm³/mol. The minimum atomic E-state index is -0.114. The van der Waals surface area contributed by atoms with E-state index in [0.29, 0.717) is 11.1 Å². The van der Waals surface area contributed by atoms with E-state index in [0.717, 1.165) is 14.6 Å². The molecule has 0 aromatic heterocycles. The molecule has 0 N–H and O–H groups in total. The summed E-state index contributed by atoms with van der Waals surface area (Å²) in [4.78, 5) is 14.0. The molecule has 3 nitrogen and oxygen atoms in total. The van der Waals surface area contributed by atoms with Gasteiger partial charge in [0.05, 0.1) is 11.6 Å². The Hall–Kier alpha value is -1.64. The van der Waals surface area contributed by atoms with Crippen LogP contribution in [-0.4, -0.2) is 13.0 Å². The van der Waals surface area contributed by atoms with Gasteiger partial charge in [0.1, 0.15) is 0 Å². The van der Waals surface area contributed by atoms with Gasteiger partial charge in [0.25, 0.3) is 5.91 Å². The molecule has 0 aliphatic rings. The molecule has 0 atom stereocenters. The summed E-state index contributed by atoms with van der Waals surface area (Å²) in [5.41, 5.74) is 1.89. The van der Waals surface area contributed by atoms with Crippen molar-refractivity contribution in [1.82, 2.24) is 0 Å².